The summed E-state index contributed by atoms with van der Waals surface area (Å²) in [4.78, 5) is 29.6. The minimum Gasteiger partial charge on any atom is -0.317 e. The van der Waals surface area contributed by atoms with Gasteiger partial charge in [-0.1, -0.05) is 54.2 Å². The van der Waals surface area contributed by atoms with Crippen LogP contribution in [0.25, 0.3) is 11.3 Å². The van der Waals surface area contributed by atoms with Crippen molar-refractivity contribution in [1.29, 1.82) is 0 Å². The maximum atomic E-state index is 14.3. The summed E-state index contributed by atoms with van der Waals surface area (Å²) in [5, 5.41) is 11.1. The molecule has 0 radical (unpaired) electrons. The fraction of sp³-hybridized carbons (Fsp3) is 0.0833. The Labute approximate surface area is 191 Å². The molecule has 162 valence electrons. The topological polar surface area (TPSA) is 90.8 Å². The van der Waals surface area contributed by atoms with Gasteiger partial charge in [-0.15, -0.1) is 0 Å². The van der Waals surface area contributed by atoms with Crippen LogP contribution in [0, 0.1) is 5.82 Å². The third kappa shape index (κ3) is 2.96. The van der Waals surface area contributed by atoms with Gasteiger partial charge < -0.3 is 10.6 Å². The van der Waals surface area contributed by atoms with Crippen LogP contribution in [-0.2, 0) is 16.2 Å². The number of H-pyrrole nitrogens is 1. The molecule has 7 nitrogen and oxygen atoms in total. The molecule has 4 aromatic rings. The van der Waals surface area contributed by atoms with E-state index in [2.05, 4.69) is 20.7 Å². The van der Waals surface area contributed by atoms with Crippen molar-refractivity contribution < 1.29 is 13.9 Å². The number of carbonyl (C=O) groups excluding carboxylic acids is 1. The number of hydrogen-bond acceptors (Lipinski definition) is 5. The summed E-state index contributed by atoms with van der Waals surface area (Å²) in [6, 6.07) is 21.1. The van der Waals surface area contributed by atoms with Crippen LogP contribution in [0.2, 0.25) is 0 Å². The molecule has 9 heteroatoms. The van der Waals surface area contributed by atoms with E-state index in [9.17, 15) is 14.0 Å². The maximum absolute atomic E-state index is 14.3. The van der Waals surface area contributed by atoms with E-state index < -0.39 is 17.4 Å². The van der Waals surface area contributed by atoms with E-state index in [-0.39, 0.29) is 11.3 Å². The Morgan fingerprint density at radius 1 is 0.970 bits per heavy atom. The first-order chi connectivity index (χ1) is 16.1. The smallest absolute Gasteiger partial charge is 0.317 e. The zero-order valence-corrected chi connectivity index (χ0v) is 17.9. The maximum Gasteiger partial charge on any atom is 0.374 e. The minimum atomic E-state index is -1.60. The van der Waals surface area contributed by atoms with Gasteiger partial charge in [-0.25, -0.2) is 4.39 Å². The van der Waals surface area contributed by atoms with E-state index in [0.717, 1.165) is 5.56 Å². The van der Waals surface area contributed by atoms with E-state index in [0.29, 0.717) is 33.4 Å². The Balaban J connectivity index is 1.57. The molecule has 0 fully saturated rings. The summed E-state index contributed by atoms with van der Waals surface area (Å²) in [7, 11) is 0. The van der Waals surface area contributed by atoms with Gasteiger partial charge in [0, 0.05) is 10.9 Å². The van der Waals surface area contributed by atoms with Crippen molar-refractivity contribution in [2.75, 3.05) is 10.6 Å². The van der Waals surface area contributed by atoms with Crippen molar-refractivity contribution in [1.82, 2.24) is 10.1 Å². The molecule has 3 aromatic carbocycles. The first-order valence-corrected chi connectivity index (χ1v) is 11.3. The summed E-state index contributed by atoms with van der Waals surface area (Å²) >= 11 is 1.35. The first-order valence-electron chi connectivity index (χ1n) is 10.3. The molecular formula is C24H17FN5O2S+. The number of nitrogens with one attached hydrogen (secondary N) is 3. The van der Waals surface area contributed by atoms with Crippen molar-refractivity contribution in [3.63, 3.8) is 0 Å². The van der Waals surface area contributed by atoms with E-state index in [4.69, 9.17) is 0 Å². The zero-order valence-electron chi connectivity index (χ0n) is 17.1. The van der Waals surface area contributed by atoms with Crippen molar-refractivity contribution in [2.45, 2.75) is 16.6 Å². The fourth-order valence-electron chi connectivity index (χ4n) is 4.33. The van der Waals surface area contributed by atoms with E-state index in [1.807, 2.05) is 36.4 Å². The molecule has 0 saturated heterocycles. The second-order valence-electron chi connectivity index (χ2n) is 7.82. The lowest BCUT2D eigenvalue weighted by atomic mass is 9.95. The number of rotatable bonds is 3. The molecule has 0 saturated carbocycles. The van der Waals surface area contributed by atoms with Gasteiger partial charge in [0.25, 0.3) is 0 Å². The molecular weight excluding hydrogens is 441 g/mol. The van der Waals surface area contributed by atoms with E-state index >= 15 is 0 Å². The minimum absolute atomic E-state index is 0.223. The van der Waals surface area contributed by atoms with Gasteiger partial charge in [0.05, 0.1) is 22.5 Å². The number of aromatic amines is 1. The summed E-state index contributed by atoms with van der Waals surface area (Å²) in [5.41, 5.74) is 1.33. The van der Waals surface area contributed by atoms with Gasteiger partial charge in [0.1, 0.15) is 5.82 Å². The highest BCUT2D eigenvalue weighted by molar-refractivity contribution is 7.98. The lowest BCUT2D eigenvalue weighted by molar-refractivity contribution is -0.781. The number of fused-ring (bicyclic) bond motifs is 6. The summed E-state index contributed by atoms with van der Waals surface area (Å²) in [6.45, 7) is 0. The monoisotopic (exact) mass is 458 g/mol. The van der Waals surface area contributed by atoms with Crippen LogP contribution < -0.4 is 20.9 Å². The summed E-state index contributed by atoms with van der Waals surface area (Å²) in [5.74, 6) is -0.353. The predicted octanol–water partition coefficient (Wildman–Crippen LogP) is 3.23. The Bertz CT molecular complexity index is 1490. The number of aromatic nitrogens is 3. The van der Waals surface area contributed by atoms with Crippen LogP contribution >= 0.6 is 11.8 Å². The number of anilines is 2. The Morgan fingerprint density at radius 3 is 2.61 bits per heavy atom. The van der Waals surface area contributed by atoms with Gasteiger partial charge >= 0.3 is 22.8 Å². The quantitative estimate of drug-likeness (QED) is 0.324. The van der Waals surface area contributed by atoms with Crippen molar-refractivity contribution in [3.05, 3.63) is 100 Å². The Kier molecular flexibility index (Phi) is 4.34. The van der Waals surface area contributed by atoms with Gasteiger partial charge in [0.2, 0.25) is 5.16 Å². The van der Waals surface area contributed by atoms with Gasteiger partial charge in [-0.05, 0) is 40.6 Å². The lowest BCUT2D eigenvalue weighted by Gasteiger charge is -2.28. The molecule has 0 bridgehead atoms. The number of thioether (sulfide) groups is 1. The molecule has 1 amide bonds. The van der Waals surface area contributed by atoms with E-state index in [1.54, 1.807) is 18.2 Å². The third-order valence-corrected chi connectivity index (χ3v) is 6.76. The van der Waals surface area contributed by atoms with Gasteiger partial charge in [0.15, 0.2) is 0 Å². The van der Waals surface area contributed by atoms with Crippen molar-refractivity contribution >= 4 is 29.0 Å². The number of halogens is 1. The molecule has 1 atom stereocenters. The van der Waals surface area contributed by atoms with Crippen molar-refractivity contribution in [2.24, 2.45) is 0 Å². The molecule has 33 heavy (non-hydrogen) atoms. The number of carbonyl (C=O) groups is 1. The lowest BCUT2D eigenvalue weighted by Crippen LogP contribution is -2.71. The second kappa shape index (κ2) is 7.28. The molecule has 3 heterocycles. The van der Waals surface area contributed by atoms with Crippen LogP contribution in [0.3, 0.4) is 0 Å². The van der Waals surface area contributed by atoms with E-state index in [1.165, 1.54) is 34.6 Å². The number of nitrogens with zero attached hydrogens (tertiary/aromatic N) is 2. The molecule has 0 unspecified atom stereocenters. The van der Waals surface area contributed by atoms with Gasteiger partial charge in [-0.3, -0.25) is 14.6 Å². The van der Waals surface area contributed by atoms with Gasteiger partial charge in [-0.2, -0.15) is 0 Å². The molecule has 2 aliphatic rings. The number of hydrogen-bond donors (Lipinski definition) is 3. The molecule has 1 aromatic heterocycles. The Hall–Kier alpha value is -3.98. The van der Waals surface area contributed by atoms with Crippen LogP contribution in [0.1, 0.15) is 11.1 Å². The number of benzene rings is 3. The number of amides is 1. The SMILES string of the molecule is O=C1Nc2ccc(F)cc2[C@@]12Nc1ccccc1-c1c(=O)[nH]c(SCc3ccccc3)n[n+]12. The number of para-hydroxylation sites is 1. The van der Waals surface area contributed by atoms with Crippen LogP contribution in [0.4, 0.5) is 15.8 Å². The largest absolute Gasteiger partial charge is 0.374 e. The summed E-state index contributed by atoms with van der Waals surface area (Å²) < 4.78 is 15.7. The first kappa shape index (κ1) is 19.7. The predicted molar refractivity (Wildman–Crippen MR) is 122 cm³/mol. The molecule has 1 spiro atoms. The summed E-state index contributed by atoms with van der Waals surface area (Å²) in [6.07, 6.45) is 0. The second-order valence-corrected chi connectivity index (χ2v) is 8.78. The van der Waals surface area contributed by atoms with Crippen LogP contribution in [-0.4, -0.2) is 16.0 Å². The molecule has 3 N–H and O–H groups in total. The molecule has 6 rings (SSSR count). The zero-order chi connectivity index (χ0) is 22.6. The Morgan fingerprint density at radius 2 is 1.76 bits per heavy atom. The molecule has 2 aliphatic heterocycles. The highest BCUT2D eigenvalue weighted by Crippen LogP contribution is 2.41. The average molecular weight is 458 g/mol. The van der Waals surface area contributed by atoms with Crippen LogP contribution in [0.5, 0.6) is 0 Å². The highest BCUT2D eigenvalue weighted by atomic mass is 32.2. The average Bonchev–Trinajstić information content (AvgIpc) is 3.09. The fourth-order valence-corrected chi connectivity index (χ4v) is 5.13. The molecule has 0 aliphatic carbocycles. The highest BCUT2D eigenvalue weighted by Gasteiger charge is 2.62. The third-order valence-electron chi connectivity index (χ3n) is 5.82. The van der Waals surface area contributed by atoms with Crippen molar-refractivity contribution in [3.8, 4) is 11.3 Å². The van der Waals surface area contributed by atoms with Crippen LogP contribution in [0.15, 0.2) is 82.7 Å². The standard InChI is InChI=1S/C24H16FN5O2S/c25-15-10-11-19-17(12-15)24(22(32)26-19)28-18-9-5-4-8-16(18)20-21(31)27-23(29-30(20)24)33-13-14-6-2-1-3-7-14/h1-12H,13H2,(H2,26,27,29,31,32)/p+1/t24-/m0/s1. The normalized spacial score (nSPS) is 17.7.